The molecule has 0 aromatic heterocycles. The lowest BCUT2D eigenvalue weighted by Crippen LogP contribution is -2.37. The van der Waals surface area contributed by atoms with Crippen LogP contribution in [0.15, 0.2) is 18.2 Å². The van der Waals surface area contributed by atoms with Gasteiger partial charge in [0.25, 0.3) is 0 Å². The zero-order valence-electron chi connectivity index (χ0n) is 11.5. The molecule has 6 nitrogen and oxygen atoms in total. The molecule has 1 rings (SSSR count). The second kappa shape index (κ2) is 6.63. The van der Waals surface area contributed by atoms with Gasteiger partial charge in [-0.15, -0.1) is 0 Å². The second-order valence-electron chi connectivity index (χ2n) is 4.41. The smallest absolute Gasteiger partial charge is 0.316 e. The molecule has 0 atom stereocenters. The fourth-order valence-corrected chi connectivity index (χ4v) is 1.53. The van der Waals surface area contributed by atoms with Crippen LogP contribution < -0.4 is 16.4 Å². The Labute approximate surface area is 113 Å². The summed E-state index contributed by atoms with van der Waals surface area (Å²) in [7, 11) is 3.37. The number of carbonyl (C=O) groups excluding carboxylic acids is 2. The van der Waals surface area contributed by atoms with E-state index in [2.05, 4.69) is 10.6 Å². The molecule has 0 fully saturated rings. The Balaban J connectivity index is 2.44. The Hall–Kier alpha value is -2.24. The molecule has 0 radical (unpaired) electrons. The van der Waals surface area contributed by atoms with Crippen LogP contribution in [0.5, 0.6) is 0 Å². The molecular formula is C13H20N4O2. The first kappa shape index (κ1) is 14.8. The maximum absolute atomic E-state index is 11.3. The van der Waals surface area contributed by atoms with Gasteiger partial charge in [0.15, 0.2) is 5.78 Å². The topological polar surface area (TPSA) is 87.5 Å². The zero-order chi connectivity index (χ0) is 14.4. The van der Waals surface area contributed by atoms with E-state index in [4.69, 9.17) is 5.73 Å². The highest BCUT2D eigenvalue weighted by Gasteiger charge is 2.05. The number of nitrogens with zero attached hydrogens (tertiary/aromatic N) is 1. The van der Waals surface area contributed by atoms with Crippen molar-refractivity contribution in [2.75, 3.05) is 38.2 Å². The summed E-state index contributed by atoms with van der Waals surface area (Å²) in [5.41, 5.74) is 7.57. The molecule has 0 unspecified atom stereocenters. The summed E-state index contributed by atoms with van der Waals surface area (Å²) in [6, 6.07) is 5.07. The molecule has 1 aromatic rings. The van der Waals surface area contributed by atoms with E-state index in [0.717, 1.165) is 5.69 Å². The molecule has 6 heteroatoms. The highest BCUT2D eigenvalue weighted by atomic mass is 16.2. The maximum atomic E-state index is 11.3. The number of rotatable bonds is 5. The van der Waals surface area contributed by atoms with E-state index in [1.807, 2.05) is 0 Å². The molecule has 0 heterocycles. The van der Waals surface area contributed by atoms with Crippen LogP contribution in [-0.4, -0.2) is 43.9 Å². The monoisotopic (exact) mass is 264 g/mol. The van der Waals surface area contributed by atoms with Gasteiger partial charge in [-0.1, -0.05) is 0 Å². The lowest BCUT2D eigenvalue weighted by molar-refractivity contribution is 0.101. The van der Waals surface area contributed by atoms with E-state index in [0.29, 0.717) is 24.3 Å². The minimum absolute atomic E-state index is 0.0534. The van der Waals surface area contributed by atoms with Crippen molar-refractivity contribution in [2.45, 2.75) is 6.92 Å². The minimum Gasteiger partial charge on any atom is -0.398 e. The van der Waals surface area contributed by atoms with Gasteiger partial charge in [-0.3, -0.25) is 4.79 Å². The van der Waals surface area contributed by atoms with Gasteiger partial charge >= 0.3 is 6.03 Å². The third-order valence-electron chi connectivity index (χ3n) is 2.57. The summed E-state index contributed by atoms with van der Waals surface area (Å²) in [5.74, 6) is -0.0534. The Morgan fingerprint density at radius 2 is 1.95 bits per heavy atom. The summed E-state index contributed by atoms with van der Waals surface area (Å²) >= 11 is 0. The van der Waals surface area contributed by atoms with Crippen molar-refractivity contribution >= 4 is 23.2 Å². The van der Waals surface area contributed by atoms with Crippen molar-refractivity contribution in [1.29, 1.82) is 0 Å². The second-order valence-corrected chi connectivity index (χ2v) is 4.41. The van der Waals surface area contributed by atoms with Gasteiger partial charge in [-0.05, 0) is 25.1 Å². The molecule has 0 aliphatic carbocycles. The van der Waals surface area contributed by atoms with Crippen molar-refractivity contribution in [3.63, 3.8) is 0 Å². The van der Waals surface area contributed by atoms with E-state index in [1.165, 1.54) is 11.8 Å². The molecule has 19 heavy (non-hydrogen) atoms. The molecule has 104 valence electrons. The van der Waals surface area contributed by atoms with E-state index >= 15 is 0 Å². The molecule has 2 amide bonds. The minimum atomic E-state index is -0.131. The van der Waals surface area contributed by atoms with Crippen LogP contribution in [0.3, 0.4) is 0 Å². The lowest BCUT2D eigenvalue weighted by atomic mass is 10.1. The van der Waals surface area contributed by atoms with Gasteiger partial charge in [0, 0.05) is 44.1 Å². The summed E-state index contributed by atoms with van der Waals surface area (Å²) in [6.45, 7) is 2.57. The van der Waals surface area contributed by atoms with Crippen molar-refractivity contribution in [2.24, 2.45) is 0 Å². The SMILES string of the molecule is CC(=O)c1ccc(NCCNC(=O)N(C)C)cc1N. The Bertz CT molecular complexity index is 472. The molecule has 4 N–H and O–H groups in total. The summed E-state index contributed by atoms with van der Waals surface area (Å²) in [6.07, 6.45) is 0. The Kier molecular flexibility index (Phi) is 5.17. The molecular weight excluding hydrogens is 244 g/mol. The quantitative estimate of drug-likeness (QED) is 0.423. The highest BCUT2D eigenvalue weighted by Crippen LogP contribution is 2.18. The molecule has 0 saturated heterocycles. The fourth-order valence-electron chi connectivity index (χ4n) is 1.53. The number of nitrogen functional groups attached to an aromatic ring is 1. The predicted octanol–water partition coefficient (Wildman–Crippen LogP) is 1.15. The molecule has 0 aliphatic heterocycles. The number of amides is 2. The number of hydrogen-bond acceptors (Lipinski definition) is 4. The molecule has 0 saturated carbocycles. The van der Waals surface area contributed by atoms with E-state index in [1.54, 1.807) is 32.3 Å². The number of urea groups is 1. The van der Waals surface area contributed by atoms with Crippen molar-refractivity contribution in [3.05, 3.63) is 23.8 Å². The summed E-state index contributed by atoms with van der Waals surface area (Å²) < 4.78 is 0. The number of Topliss-reactive ketones (excluding diaryl/α,β-unsaturated/α-hetero) is 1. The first-order chi connectivity index (χ1) is 8.91. The third kappa shape index (κ3) is 4.50. The molecule has 0 bridgehead atoms. The maximum Gasteiger partial charge on any atom is 0.316 e. The van der Waals surface area contributed by atoms with Gasteiger partial charge < -0.3 is 21.3 Å². The van der Waals surface area contributed by atoms with Gasteiger partial charge in [0.1, 0.15) is 0 Å². The predicted molar refractivity (Wildman–Crippen MR) is 76.4 cm³/mol. The standard InChI is InChI=1S/C13H20N4O2/c1-9(18)11-5-4-10(8-12(11)14)15-6-7-16-13(19)17(2)3/h4-5,8,15H,6-7,14H2,1-3H3,(H,16,19). The first-order valence-corrected chi connectivity index (χ1v) is 6.01. The average Bonchev–Trinajstić information content (AvgIpc) is 2.33. The third-order valence-corrected chi connectivity index (χ3v) is 2.57. The van der Waals surface area contributed by atoms with E-state index in [-0.39, 0.29) is 11.8 Å². The van der Waals surface area contributed by atoms with Crippen molar-refractivity contribution in [1.82, 2.24) is 10.2 Å². The fraction of sp³-hybridized carbons (Fsp3) is 0.385. The van der Waals surface area contributed by atoms with Crippen LogP contribution in [0.4, 0.5) is 16.2 Å². The van der Waals surface area contributed by atoms with Crippen LogP contribution in [-0.2, 0) is 0 Å². The number of nitrogens with two attached hydrogens (primary N) is 1. The Morgan fingerprint density at radius 1 is 1.26 bits per heavy atom. The molecule has 0 spiro atoms. The van der Waals surface area contributed by atoms with Gasteiger partial charge in [0.2, 0.25) is 0 Å². The molecule has 0 aliphatic rings. The highest BCUT2D eigenvalue weighted by molar-refractivity contribution is 5.99. The van der Waals surface area contributed by atoms with Crippen LogP contribution in [0, 0.1) is 0 Å². The summed E-state index contributed by atoms with van der Waals surface area (Å²) in [5, 5.41) is 5.86. The van der Waals surface area contributed by atoms with Gasteiger partial charge in [-0.25, -0.2) is 4.79 Å². The van der Waals surface area contributed by atoms with Crippen LogP contribution in [0.25, 0.3) is 0 Å². The number of anilines is 2. The number of ketones is 1. The molecule has 1 aromatic carbocycles. The Morgan fingerprint density at radius 3 is 2.47 bits per heavy atom. The van der Waals surface area contributed by atoms with E-state index < -0.39 is 0 Å². The van der Waals surface area contributed by atoms with E-state index in [9.17, 15) is 9.59 Å². The van der Waals surface area contributed by atoms with Crippen LogP contribution in [0.2, 0.25) is 0 Å². The lowest BCUT2D eigenvalue weighted by Gasteiger charge is -2.13. The summed E-state index contributed by atoms with van der Waals surface area (Å²) in [4.78, 5) is 24.0. The first-order valence-electron chi connectivity index (χ1n) is 6.01. The van der Waals surface area contributed by atoms with Crippen LogP contribution >= 0.6 is 0 Å². The van der Waals surface area contributed by atoms with Crippen molar-refractivity contribution in [3.8, 4) is 0 Å². The normalized spacial score (nSPS) is 9.84. The van der Waals surface area contributed by atoms with Crippen LogP contribution in [0.1, 0.15) is 17.3 Å². The zero-order valence-corrected chi connectivity index (χ0v) is 11.5. The van der Waals surface area contributed by atoms with Gasteiger partial charge in [-0.2, -0.15) is 0 Å². The van der Waals surface area contributed by atoms with Gasteiger partial charge in [0.05, 0.1) is 0 Å². The number of nitrogens with one attached hydrogen (secondary N) is 2. The largest absolute Gasteiger partial charge is 0.398 e. The average molecular weight is 264 g/mol. The number of hydrogen-bond donors (Lipinski definition) is 3. The van der Waals surface area contributed by atoms with Crippen molar-refractivity contribution < 1.29 is 9.59 Å². The number of carbonyl (C=O) groups is 2. The number of benzene rings is 1.